The first-order valence-corrected chi connectivity index (χ1v) is 10.9. The number of nitrogens with zero attached hydrogens (tertiary/aromatic N) is 4. The number of pyridine rings is 2. The highest BCUT2D eigenvalue weighted by molar-refractivity contribution is 6.05. The molecule has 8 nitrogen and oxygen atoms in total. The van der Waals surface area contributed by atoms with E-state index >= 15 is 0 Å². The van der Waals surface area contributed by atoms with Gasteiger partial charge in [-0.2, -0.15) is 5.10 Å². The molecule has 3 heterocycles. The molecule has 180 valence electrons. The second-order valence-corrected chi connectivity index (χ2v) is 8.25. The smallest absolute Gasteiger partial charge is 0.269 e. The fraction of sp³-hybridized carbons (Fsp3) is 0.0769. The predicted molar refractivity (Wildman–Crippen MR) is 132 cm³/mol. The Kier molecular flexibility index (Phi) is 5.77. The monoisotopic (exact) mass is 486 g/mol. The van der Waals surface area contributed by atoms with Crippen LogP contribution in [-0.4, -0.2) is 25.2 Å². The third-order valence-electron chi connectivity index (χ3n) is 5.76. The van der Waals surface area contributed by atoms with Crippen LogP contribution in [0.25, 0.3) is 16.7 Å². The number of nitrogen functional groups attached to an aromatic ring is 1. The number of halogens is 2. The maximum absolute atomic E-state index is 14.8. The molecule has 3 aromatic heterocycles. The highest BCUT2D eigenvalue weighted by Gasteiger charge is 2.20. The number of aryl methyl sites for hydroxylation is 1. The molecular weight excluding hydrogens is 466 g/mol. The number of anilines is 2. The first kappa shape index (κ1) is 22.9. The average Bonchev–Trinajstić information content (AvgIpc) is 3.21. The molecule has 10 heteroatoms. The van der Waals surface area contributed by atoms with Gasteiger partial charge < -0.3 is 11.1 Å². The molecule has 0 atom stereocenters. The van der Waals surface area contributed by atoms with Crippen molar-refractivity contribution in [1.29, 1.82) is 0 Å². The predicted octanol–water partition coefficient (Wildman–Crippen LogP) is 3.82. The zero-order valence-electron chi connectivity index (χ0n) is 19.1. The lowest BCUT2D eigenvalue weighted by Crippen LogP contribution is -2.29. The molecule has 1 amide bonds. The van der Waals surface area contributed by atoms with Gasteiger partial charge in [-0.3, -0.25) is 18.8 Å². The molecule has 2 aromatic carbocycles. The van der Waals surface area contributed by atoms with Gasteiger partial charge in [0.2, 0.25) is 0 Å². The molecule has 3 N–H and O–H groups in total. The average molecular weight is 486 g/mol. The third kappa shape index (κ3) is 4.31. The van der Waals surface area contributed by atoms with Gasteiger partial charge in [-0.05, 0) is 65.7 Å². The molecular formula is C26H20F2N6O2. The first-order valence-electron chi connectivity index (χ1n) is 10.9. The summed E-state index contributed by atoms with van der Waals surface area (Å²) in [4.78, 5) is 30.4. The summed E-state index contributed by atoms with van der Waals surface area (Å²) in [5, 5.41) is 7.30. The van der Waals surface area contributed by atoms with E-state index in [1.165, 1.54) is 51.8 Å². The van der Waals surface area contributed by atoms with Crippen LogP contribution in [-0.2, 0) is 13.5 Å². The number of nitrogens with one attached hydrogen (secondary N) is 1. The fourth-order valence-corrected chi connectivity index (χ4v) is 4.04. The van der Waals surface area contributed by atoms with Gasteiger partial charge in [0.25, 0.3) is 11.5 Å². The van der Waals surface area contributed by atoms with E-state index in [9.17, 15) is 18.4 Å². The number of fused-ring (bicyclic) bond motifs is 1. The van der Waals surface area contributed by atoms with Crippen molar-refractivity contribution in [1.82, 2.24) is 19.3 Å². The topological polar surface area (TPSA) is 108 Å². The van der Waals surface area contributed by atoms with Crippen molar-refractivity contribution < 1.29 is 13.6 Å². The van der Waals surface area contributed by atoms with Gasteiger partial charge >= 0.3 is 0 Å². The number of amides is 1. The lowest BCUT2D eigenvalue weighted by molar-refractivity contribution is 0.102. The normalized spacial score (nSPS) is 11.1. The number of carbonyl (C=O) groups is 1. The van der Waals surface area contributed by atoms with Crippen LogP contribution in [0.3, 0.4) is 0 Å². The van der Waals surface area contributed by atoms with E-state index in [-0.39, 0.29) is 11.3 Å². The zero-order chi connectivity index (χ0) is 25.4. The minimum absolute atomic E-state index is 0.170. The number of hydrogen-bond donors (Lipinski definition) is 2. The Bertz CT molecular complexity index is 1670. The quantitative estimate of drug-likeness (QED) is 0.393. The number of nitrogens with two attached hydrogens (primary N) is 1. The molecule has 5 rings (SSSR count). The summed E-state index contributed by atoms with van der Waals surface area (Å²) in [5.74, 6) is -1.35. The van der Waals surface area contributed by atoms with Crippen LogP contribution in [0.15, 0.2) is 77.9 Å². The lowest BCUT2D eigenvalue weighted by Gasteiger charge is -2.12. The van der Waals surface area contributed by atoms with Crippen LogP contribution in [0.2, 0.25) is 0 Å². The molecule has 0 spiro atoms. The van der Waals surface area contributed by atoms with Crippen LogP contribution < -0.4 is 16.6 Å². The number of rotatable bonds is 5. The lowest BCUT2D eigenvalue weighted by atomic mass is 10.0. The number of hydrogen-bond acceptors (Lipinski definition) is 5. The molecule has 0 radical (unpaired) electrons. The van der Waals surface area contributed by atoms with Gasteiger partial charge in [-0.1, -0.05) is 6.07 Å². The number of aromatic nitrogens is 4. The molecule has 0 fully saturated rings. The van der Waals surface area contributed by atoms with E-state index in [0.29, 0.717) is 34.5 Å². The van der Waals surface area contributed by atoms with Crippen LogP contribution >= 0.6 is 0 Å². The van der Waals surface area contributed by atoms with Gasteiger partial charge in [-0.15, -0.1) is 0 Å². The standard InChI is InChI=1S/C26H20F2N6O2/c1-33-25-17(14-31-33)12-21(26(36)34(25)20-6-3-18(27)4-7-20)24(35)32-19-5-2-16(22(28)13-19)10-15-8-9-30-23(29)11-15/h2-9,11-14H,10H2,1H3,(H2,29,30)(H,32,35). The molecule has 0 saturated heterocycles. The van der Waals surface area contributed by atoms with Crippen molar-refractivity contribution >= 4 is 28.4 Å². The molecule has 0 bridgehead atoms. The van der Waals surface area contributed by atoms with Gasteiger partial charge in [0.1, 0.15) is 28.7 Å². The highest BCUT2D eigenvalue weighted by atomic mass is 19.1. The first-order chi connectivity index (χ1) is 17.3. The second kappa shape index (κ2) is 9.06. The van der Waals surface area contributed by atoms with Crippen molar-refractivity contribution in [2.75, 3.05) is 11.1 Å². The van der Waals surface area contributed by atoms with Crippen LogP contribution in [0, 0.1) is 11.6 Å². The summed E-state index contributed by atoms with van der Waals surface area (Å²) in [7, 11) is 1.66. The number of benzene rings is 2. The SMILES string of the molecule is Cn1ncc2cc(C(=O)Nc3ccc(Cc4ccnc(N)c4)c(F)c3)c(=O)n(-c3ccc(F)cc3)c21. The summed E-state index contributed by atoms with van der Waals surface area (Å²) in [6.45, 7) is 0. The molecule has 0 aliphatic rings. The van der Waals surface area contributed by atoms with Crippen LogP contribution in [0.4, 0.5) is 20.3 Å². The van der Waals surface area contributed by atoms with Crippen molar-refractivity contribution in [3.8, 4) is 5.69 Å². The molecule has 5 aromatic rings. The maximum atomic E-state index is 14.8. The fourth-order valence-electron chi connectivity index (χ4n) is 4.04. The van der Waals surface area contributed by atoms with Gasteiger partial charge in [-0.25, -0.2) is 13.8 Å². The summed E-state index contributed by atoms with van der Waals surface area (Å²) in [5.41, 5.74) is 7.10. The van der Waals surface area contributed by atoms with Gasteiger partial charge in [0.15, 0.2) is 0 Å². The highest BCUT2D eigenvalue weighted by Crippen LogP contribution is 2.21. The van der Waals surface area contributed by atoms with E-state index in [0.717, 1.165) is 5.56 Å². The summed E-state index contributed by atoms with van der Waals surface area (Å²) >= 11 is 0. The Morgan fingerprint density at radius 3 is 2.56 bits per heavy atom. The Morgan fingerprint density at radius 2 is 1.83 bits per heavy atom. The zero-order valence-corrected chi connectivity index (χ0v) is 19.1. The Morgan fingerprint density at radius 1 is 1.06 bits per heavy atom. The van der Waals surface area contributed by atoms with Crippen molar-refractivity contribution in [2.45, 2.75) is 6.42 Å². The van der Waals surface area contributed by atoms with E-state index in [1.807, 2.05) is 0 Å². The van der Waals surface area contributed by atoms with Crippen molar-refractivity contribution in [3.05, 3.63) is 112 Å². The summed E-state index contributed by atoms with van der Waals surface area (Å²) < 4.78 is 31.1. The molecule has 0 saturated carbocycles. The Balaban J connectivity index is 1.47. The molecule has 0 aliphatic carbocycles. The third-order valence-corrected chi connectivity index (χ3v) is 5.76. The van der Waals surface area contributed by atoms with Gasteiger partial charge in [0, 0.05) is 30.7 Å². The minimum Gasteiger partial charge on any atom is -0.384 e. The summed E-state index contributed by atoms with van der Waals surface area (Å²) in [6.07, 6.45) is 3.37. The minimum atomic E-state index is -0.712. The Hall–Kier alpha value is -4.86. The number of carbonyl (C=O) groups excluding carboxylic acids is 1. The molecule has 0 aliphatic heterocycles. The maximum Gasteiger partial charge on any atom is 0.269 e. The van der Waals surface area contributed by atoms with E-state index in [4.69, 9.17) is 5.73 Å². The van der Waals surface area contributed by atoms with E-state index in [1.54, 1.807) is 37.5 Å². The van der Waals surface area contributed by atoms with Gasteiger partial charge in [0.05, 0.1) is 11.9 Å². The second-order valence-electron chi connectivity index (χ2n) is 8.25. The van der Waals surface area contributed by atoms with Crippen LogP contribution in [0.5, 0.6) is 0 Å². The van der Waals surface area contributed by atoms with E-state index < -0.39 is 23.1 Å². The Labute approximate surface area is 203 Å². The van der Waals surface area contributed by atoms with E-state index in [2.05, 4.69) is 15.4 Å². The largest absolute Gasteiger partial charge is 0.384 e. The molecule has 0 unspecified atom stereocenters. The molecule has 36 heavy (non-hydrogen) atoms. The van der Waals surface area contributed by atoms with Crippen molar-refractivity contribution in [2.24, 2.45) is 7.05 Å². The van der Waals surface area contributed by atoms with Crippen molar-refractivity contribution in [3.63, 3.8) is 0 Å². The van der Waals surface area contributed by atoms with Crippen LogP contribution in [0.1, 0.15) is 21.5 Å². The summed E-state index contributed by atoms with van der Waals surface area (Å²) in [6, 6.07) is 14.5.